The van der Waals surface area contributed by atoms with E-state index in [1.165, 1.54) is 49.1 Å². The molecule has 33 heavy (non-hydrogen) atoms. The number of halogens is 1. The summed E-state index contributed by atoms with van der Waals surface area (Å²) in [4.78, 5) is 12.8. The molecule has 3 aromatic rings. The molecule has 8 heteroatoms. The minimum absolute atomic E-state index is 0.0132. The highest BCUT2D eigenvalue weighted by Gasteiger charge is 2.27. The van der Waals surface area contributed by atoms with Gasteiger partial charge in [-0.05, 0) is 79.1 Å². The molecular weight excluding hydrogens is 443 g/mol. The van der Waals surface area contributed by atoms with Gasteiger partial charge in [0.15, 0.2) is 0 Å². The van der Waals surface area contributed by atoms with E-state index in [0.29, 0.717) is 11.4 Å². The minimum atomic E-state index is -4.10. The lowest BCUT2D eigenvalue weighted by molar-refractivity contribution is -0.114. The van der Waals surface area contributed by atoms with E-state index in [9.17, 15) is 17.6 Å². The number of benzene rings is 3. The first-order chi connectivity index (χ1) is 15.8. The van der Waals surface area contributed by atoms with Crippen LogP contribution in [0.2, 0.25) is 0 Å². The van der Waals surface area contributed by atoms with Crippen molar-refractivity contribution in [3.63, 3.8) is 0 Å². The number of hydrogen-bond acceptors (Lipinski definition) is 4. The molecule has 0 bridgehead atoms. The first kappa shape index (κ1) is 24.3. The molecule has 0 aliphatic rings. The third kappa shape index (κ3) is 6.32. The third-order valence-corrected chi connectivity index (χ3v) is 6.89. The predicted octanol–water partition coefficient (Wildman–Crippen LogP) is 5.01. The highest BCUT2D eigenvalue weighted by Crippen LogP contribution is 2.25. The first-order valence-electron chi connectivity index (χ1n) is 10.6. The van der Waals surface area contributed by atoms with Crippen molar-refractivity contribution in [1.82, 2.24) is 0 Å². The number of carbonyl (C=O) groups is 1. The fourth-order valence-electron chi connectivity index (χ4n) is 3.26. The highest BCUT2D eigenvalue weighted by atomic mass is 32.2. The Labute approximate surface area is 194 Å². The zero-order valence-electron chi connectivity index (χ0n) is 18.6. The summed E-state index contributed by atoms with van der Waals surface area (Å²) >= 11 is 0. The molecule has 0 heterocycles. The lowest BCUT2D eigenvalue weighted by Crippen LogP contribution is -2.38. The number of aryl methyl sites for hydroxylation is 1. The van der Waals surface area contributed by atoms with Crippen molar-refractivity contribution in [3.8, 4) is 5.75 Å². The predicted molar refractivity (Wildman–Crippen MR) is 128 cm³/mol. The number of sulfonamides is 1. The molecule has 1 N–H and O–H groups in total. The maximum absolute atomic E-state index is 13.5. The van der Waals surface area contributed by atoms with Gasteiger partial charge in [-0.25, -0.2) is 12.8 Å². The van der Waals surface area contributed by atoms with Gasteiger partial charge in [-0.3, -0.25) is 9.10 Å². The number of amides is 1. The van der Waals surface area contributed by atoms with Crippen molar-refractivity contribution in [1.29, 1.82) is 0 Å². The monoisotopic (exact) mass is 470 g/mol. The van der Waals surface area contributed by atoms with E-state index in [0.717, 1.165) is 35.7 Å². The SMILES string of the molecule is CCCCc1ccc(NC(=O)CN(c2ccc(F)cc2)S(=O)(=O)c2ccc(OC)cc2)cc1. The Bertz CT molecular complexity index is 1160. The fourth-order valence-corrected chi connectivity index (χ4v) is 4.68. The summed E-state index contributed by atoms with van der Waals surface area (Å²) in [6.45, 7) is 1.65. The first-order valence-corrected chi connectivity index (χ1v) is 12.1. The largest absolute Gasteiger partial charge is 0.497 e. The van der Waals surface area contributed by atoms with E-state index in [4.69, 9.17) is 4.74 Å². The van der Waals surface area contributed by atoms with E-state index in [1.54, 1.807) is 12.1 Å². The molecular formula is C25H27FN2O4S. The molecule has 0 unspecified atom stereocenters. The number of nitrogens with one attached hydrogen (secondary N) is 1. The second-order valence-corrected chi connectivity index (χ2v) is 9.37. The van der Waals surface area contributed by atoms with Crippen LogP contribution in [-0.4, -0.2) is 28.0 Å². The summed E-state index contributed by atoms with van der Waals surface area (Å²) < 4.78 is 46.2. The van der Waals surface area contributed by atoms with Gasteiger partial charge in [0.05, 0.1) is 17.7 Å². The number of carbonyl (C=O) groups excluding carboxylic acids is 1. The van der Waals surface area contributed by atoms with Crippen LogP contribution in [0.5, 0.6) is 5.75 Å². The number of anilines is 2. The van der Waals surface area contributed by atoms with E-state index in [2.05, 4.69) is 12.2 Å². The Morgan fingerprint density at radius 3 is 2.18 bits per heavy atom. The van der Waals surface area contributed by atoms with Crippen LogP contribution in [0.15, 0.2) is 77.7 Å². The number of methoxy groups -OCH3 is 1. The molecule has 0 radical (unpaired) electrons. The molecule has 0 aromatic heterocycles. The van der Waals surface area contributed by atoms with Gasteiger partial charge in [-0.2, -0.15) is 0 Å². The Hall–Kier alpha value is -3.39. The minimum Gasteiger partial charge on any atom is -0.497 e. The maximum Gasteiger partial charge on any atom is 0.264 e. The number of nitrogens with zero attached hydrogens (tertiary/aromatic N) is 1. The van der Waals surface area contributed by atoms with Crippen molar-refractivity contribution >= 4 is 27.3 Å². The summed E-state index contributed by atoms with van der Waals surface area (Å²) in [7, 11) is -2.62. The van der Waals surface area contributed by atoms with E-state index in [-0.39, 0.29) is 10.6 Å². The maximum atomic E-state index is 13.5. The molecule has 0 aliphatic carbocycles. The average Bonchev–Trinajstić information content (AvgIpc) is 2.83. The Balaban J connectivity index is 1.83. The molecule has 0 saturated carbocycles. The van der Waals surface area contributed by atoms with E-state index < -0.39 is 28.3 Å². The van der Waals surface area contributed by atoms with Gasteiger partial charge in [0.1, 0.15) is 18.1 Å². The quantitative estimate of drug-likeness (QED) is 0.452. The highest BCUT2D eigenvalue weighted by molar-refractivity contribution is 7.92. The average molecular weight is 471 g/mol. The van der Waals surface area contributed by atoms with Gasteiger partial charge in [0.25, 0.3) is 10.0 Å². The summed E-state index contributed by atoms with van der Waals surface area (Å²) in [6.07, 6.45) is 3.14. The molecule has 3 aromatic carbocycles. The van der Waals surface area contributed by atoms with Crippen molar-refractivity contribution in [2.45, 2.75) is 31.1 Å². The van der Waals surface area contributed by atoms with Gasteiger partial charge < -0.3 is 10.1 Å². The summed E-state index contributed by atoms with van der Waals surface area (Å²) in [5.41, 5.74) is 1.92. The van der Waals surface area contributed by atoms with Gasteiger partial charge in [0.2, 0.25) is 5.91 Å². The van der Waals surface area contributed by atoms with Gasteiger partial charge in [-0.1, -0.05) is 25.5 Å². The third-order valence-electron chi connectivity index (χ3n) is 5.11. The smallest absolute Gasteiger partial charge is 0.264 e. The number of ether oxygens (including phenoxy) is 1. The summed E-state index contributed by atoms with van der Waals surface area (Å²) in [6, 6.07) is 18.3. The molecule has 3 rings (SSSR count). The summed E-state index contributed by atoms with van der Waals surface area (Å²) in [5.74, 6) is -0.520. The van der Waals surface area contributed by atoms with Gasteiger partial charge in [0, 0.05) is 5.69 Å². The Morgan fingerprint density at radius 1 is 0.970 bits per heavy atom. The zero-order valence-corrected chi connectivity index (χ0v) is 19.4. The standard InChI is InChI=1S/C25H27FN2O4S/c1-3-4-5-19-6-10-21(11-7-19)27-25(29)18-28(22-12-8-20(26)9-13-22)33(30,31)24-16-14-23(32-2)15-17-24/h6-17H,3-5,18H2,1-2H3,(H,27,29). The number of unbranched alkanes of at least 4 members (excludes halogenated alkanes) is 1. The summed E-state index contributed by atoms with van der Waals surface area (Å²) in [5, 5.41) is 2.74. The normalized spacial score (nSPS) is 11.1. The number of hydrogen-bond donors (Lipinski definition) is 1. The van der Waals surface area contributed by atoms with Crippen molar-refractivity contribution < 1.29 is 22.3 Å². The molecule has 0 aliphatic heterocycles. The zero-order chi connectivity index (χ0) is 23.8. The second-order valence-electron chi connectivity index (χ2n) is 7.51. The lowest BCUT2D eigenvalue weighted by Gasteiger charge is -2.24. The van der Waals surface area contributed by atoms with Gasteiger partial charge >= 0.3 is 0 Å². The van der Waals surface area contributed by atoms with Crippen LogP contribution in [0.1, 0.15) is 25.3 Å². The number of rotatable bonds is 10. The Kier molecular flexibility index (Phi) is 8.06. The van der Waals surface area contributed by atoms with Crippen molar-refractivity contribution in [2.24, 2.45) is 0 Å². The van der Waals surface area contributed by atoms with Crippen LogP contribution < -0.4 is 14.4 Å². The lowest BCUT2D eigenvalue weighted by atomic mass is 10.1. The van der Waals surface area contributed by atoms with Crippen LogP contribution in [0.4, 0.5) is 15.8 Å². The molecule has 6 nitrogen and oxygen atoms in total. The molecule has 0 fully saturated rings. The van der Waals surface area contributed by atoms with E-state index >= 15 is 0 Å². The van der Waals surface area contributed by atoms with Crippen LogP contribution in [0.3, 0.4) is 0 Å². The van der Waals surface area contributed by atoms with Crippen LogP contribution in [0.25, 0.3) is 0 Å². The molecule has 0 atom stereocenters. The molecule has 0 saturated heterocycles. The van der Waals surface area contributed by atoms with E-state index in [1.807, 2.05) is 12.1 Å². The van der Waals surface area contributed by atoms with Crippen LogP contribution >= 0.6 is 0 Å². The van der Waals surface area contributed by atoms with Crippen molar-refractivity contribution in [2.75, 3.05) is 23.3 Å². The second kappa shape index (κ2) is 11.0. The molecule has 174 valence electrons. The Morgan fingerprint density at radius 2 is 1.61 bits per heavy atom. The van der Waals surface area contributed by atoms with Gasteiger partial charge in [-0.15, -0.1) is 0 Å². The van der Waals surface area contributed by atoms with Crippen molar-refractivity contribution in [3.05, 3.63) is 84.2 Å². The molecule has 0 spiro atoms. The van der Waals surface area contributed by atoms with Crippen LogP contribution in [-0.2, 0) is 21.2 Å². The fraction of sp³-hybridized carbons (Fsp3) is 0.240. The topological polar surface area (TPSA) is 75.7 Å². The molecule has 1 amide bonds. The van der Waals surface area contributed by atoms with Crippen LogP contribution in [0, 0.1) is 5.82 Å².